The van der Waals surface area contributed by atoms with Gasteiger partial charge in [0.1, 0.15) is 5.75 Å². The zero-order valence-corrected chi connectivity index (χ0v) is 17.8. The summed E-state index contributed by atoms with van der Waals surface area (Å²) in [6, 6.07) is 7.45. The van der Waals surface area contributed by atoms with Crippen LogP contribution in [-0.2, 0) is 14.2 Å². The summed E-state index contributed by atoms with van der Waals surface area (Å²) in [5.41, 5.74) is -0.324. The zero-order chi connectivity index (χ0) is 19.7. The normalized spacial score (nSPS) is 32.6. The second kappa shape index (κ2) is 8.26. The van der Waals surface area contributed by atoms with Crippen LogP contribution >= 0.6 is 11.6 Å². The fraction of sp³-hybridized carbons (Fsp3) is 0.714. The Kier molecular flexibility index (Phi) is 6.38. The fourth-order valence-electron chi connectivity index (χ4n) is 3.76. The number of benzene rings is 1. The molecule has 2 fully saturated rings. The van der Waals surface area contributed by atoms with Crippen molar-refractivity contribution in [1.82, 2.24) is 4.90 Å². The van der Waals surface area contributed by atoms with Crippen molar-refractivity contribution in [3.8, 4) is 5.75 Å². The summed E-state index contributed by atoms with van der Waals surface area (Å²) in [4.78, 5) is 2.41. The summed E-state index contributed by atoms with van der Waals surface area (Å²) in [7, 11) is 0. The SMILES string of the molecule is CC1CN(CC2COC(C)(C(C)(C)COc3cccc(Cl)c3)O2)CC(C)O1. The van der Waals surface area contributed by atoms with Gasteiger partial charge in [0.15, 0.2) is 5.79 Å². The molecule has 0 aliphatic carbocycles. The lowest BCUT2D eigenvalue weighted by Gasteiger charge is -2.40. The number of hydrogen-bond donors (Lipinski definition) is 0. The van der Waals surface area contributed by atoms with Gasteiger partial charge in [-0.3, -0.25) is 4.90 Å². The van der Waals surface area contributed by atoms with Crippen molar-refractivity contribution in [2.45, 2.75) is 58.7 Å². The Balaban J connectivity index is 1.55. The summed E-state index contributed by atoms with van der Waals surface area (Å²) < 4.78 is 24.3. The number of morpholine rings is 1. The van der Waals surface area contributed by atoms with E-state index in [4.69, 9.17) is 30.5 Å². The largest absolute Gasteiger partial charge is 0.493 e. The highest BCUT2D eigenvalue weighted by molar-refractivity contribution is 6.30. The summed E-state index contributed by atoms with van der Waals surface area (Å²) in [6.07, 6.45) is 0.563. The van der Waals surface area contributed by atoms with Crippen molar-refractivity contribution < 1.29 is 18.9 Å². The van der Waals surface area contributed by atoms with Crippen molar-refractivity contribution in [2.24, 2.45) is 5.41 Å². The Morgan fingerprint density at radius 3 is 2.63 bits per heavy atom. The molecular weight excluding hydrogens is 366 g/mol. The molecule has 1 aromatic rings. The Morgan fingerprint density at radius 2 is 1.96 bits per heavy atom. The number of hydrogen-bond acceptors (Lipinski definition) is 5. The van der Waals surface area contributed by atoms with E-state index in [1.165, 1.54) is 0 Å². The summed E-state index contributed by atoms with van der Waals surface area (Å²) in [6.45, 7) is 14.3. The molecule has 6 heteroatoms. The van der Waals surface area contributed by atoms with Gasteiger partial charge in [-0.2, -0.15) is 0 Å². The molecule has 4 atom stereocenters. The van der Waals surface area contributed by atoms with Gasteiger partial charge >= 0.3 is 0 Å². The Labute approximate surface area is 167 Å². The van der Waals surface area contributed by atoms with E-state index in [1.807, 2.05) is 31.2 Å². The van der Waals surface area contributed by atoms with Crippen LogP contribution in [0.15, 0.2) is 24.3 Å². The summed E-state index contributed by atoms with van der Waals surface area (Å²) in [5.74, 6) is 0.0600. The van der Waals surface area contributed by atoms with Gasteiger partial charge in [0, 0.05) is 24.7 Å². The van der Waals surface area contributed by atoms with Crippen LogP contribution in [0.2, 0.25) is 5.02 Å². The third kappa shape index (κ3) is 5.15. The van der Waals surface area contributed by atoms with Crippen molar-refractivity contribution in [1.29, 1.82) is 0 Å². The first-order valence-electron chi connectivity index (χ1n) is 9.75. The predicted octanol–water partition coefficient (Wildman–Crippen LogP) is 3.99. The Bertz CT molecular complexity index is 630. The van der Waals surface area contributed by atoms with E-state index in [0.29, 0.717) is 18.2 Å². The van der Waals surface area contributed by atoms with E-state index in [0.717, 1.165) is 25.4 Å². The lowest BCUT2D eigenvalue weighted by Crippen LogP contribution is -2.50. The molecule has 0 N–H and O–H groups in total. The predicted molar refractivity (Wildman–Crippen MR) is 106 cm³/mol. The zero-order valence-electron chi connectivity index (χ0n) is 17.0. The van der Waals surface area contributed by atoms with Gasteiger partial charge in [-0.1, -0.05) is 31.5 Å². The van der Waals surface area contributed by atoms with Crippen molar-refractivity contribution >= 4 is 11.6 Å². The molecule has 3 rings (SSSR count). The Morgan fingerprint density at radius 1 is 1.26 bits per heavy atom. The molecule has 0 amide bonds. The minimum absolute atomic E-state index is 0.0537. The van der Waals surface area contributed by atoms with Crippen LogP contribution in [0.5, 0.6) is 5.75 Å². The van der Waals surface area contributed by atoms with Gasteiger partial charge in [0.2, 0.25) is 0 Å². The molecule has 0 bridgehead atoms. The average Bonchev–Trinajstić information content (AvgIpc) is 2.95. The lowest BCUT2D eigenvalue weighted by molar-refractivity contribution is -0.231. The van der Waals surface area contributed by atoms with Crippen molar-refractivity contribution in [3.63, 3.8) is 0 Å². The van der Waals surface area contributed by atoms with E-state index in [-0.39, 0.29) is 23.7 Å². The number of halogens is 1. The quantitative estimate of drug-likeness (QED) is 0.725. The van der Waals surface area contributed by atoms with Crippen LogP contribution in [0.4, 0.5) is 0 Å². The van der Waals surface area contributed by atoms with Crippen molar-refractivity contribution in [2.75, 3.05) is 32.8 Å². The first-order chi connectivity index (χ1) is 12.7. The van der Waals surface area contributed by atoms with Gasteiger partial charge in [-0.05, 0) is 39.0 Å². The molecule has 0 aromatic heterocycles. The van der Waals surface area contributed by atoms with Gasteiger partial charge in [0.25, 0.3) is 0 Å². The number of nitrogens with zero attached hydrogens (tertiary/aromatic N) is 1. The van der Waals surface area contributed by atoms with E-state index < -0.39 is 5.79 Å². The van der Waals surface area contributed by atoms with Crippen molar-refractivity contribution in [3.05, 3.63) is 29.3 Å². The highest BCUT2D eigenvalue weighted by atomic mass is 35.5. The molecule has 2 aliphatic rings. The molecule has 0 saturated carbocycles. The maximum atomic E-state index is 6.39. The third-order valence-corrected chi connectivity index (χ3v) is 5.75. The highest BCUT2D eigenvalue weighted by Gasteiger charge is 2.50. The molecule has 27 heavy (non-hydrogen) atoms. The number of rotatable bonds is 6. The molecular formula is C21H32ClNO4. The minimum atomic E-state index is -0.695. The van der Waals surface area contributed by atoms with Gasteiger partial charge < -0.3 is 18.9 Å². The molecule has 152 valence electrons. The summed E-state index contributed by atoms with van der Waals surface area (Å²) in [5, 5.41) is 0.666. The molecule has 1 aromatic carbocycles. The Hall–Kier alpha value is -0.850. The average molecular weight is 398 g/mol. The molecule has 2 heterocycles. The van der Waals surface area contributed by atoms with E-state index in [9.17, 15) is 0 Å². The molecule has 2 saturated heterocycles. The fourth-order valence-corrected chi connectivity index (χ4v) is 3.94. The maximum Gasteiger partial charge on any atom is 0.174 e. The monoisotopic (exact) mass is 397 g/mol. The molecule has 0 radical (unpaired) electrons. The van der Waals surface area contributed by atoms with Crippen LogP contribution in [0.3, 0.4) is 0 Å². The van der Waals surface area contributed by atoms with E-state index in [1.54, 1.807) is 0 Å². The second-order valence-corrected chi connectivity index (χ2v) is 9.04. The van der Waals surface area contributed by atoms with E-state index >= 15 is 0 Å². The molecule has 0 spiro atoms. The molecule has 2 aliphatic heterocycles. The topological polar surface area (TPSA) is 40.2 Å². The van der Waals surface area contributed by atoms with Gasteiger partial charge in [-0.25, -0.2) is 0 Å². The first-order valence-corrected chi connectivity index (χ1v) is 10.1. The van der Waals surface area contributed by atoms with Gasteiger partial charge in [-0.15, -0.1) is 0 Å². The highest BCUT2D eigenvalue weighted by Crippen LogP contribution is 2.40. The van der Waals surface area contributed by atoms with Crippen LogP contribution in [-0.4, -0.2) is 61.8 Å². The van der Waals surface area contributed by atoms with E-state index in [2.05, 4.69) is 32.6 Å². The molecule has 5 nitrogen and oxygen atoms in total. The maximum absolute atomic E-state index is 6.39. The lowest BCUT2D eigenvalue weighted by atomic mass is 9.85. The second-order valence-electron chi connectivity index (χ2n) is 8.60. The standard InChI is InChI=1S/C21H32ClNO4/c1-15-10-23(11-16(2)26-15)12-19-13-25-21(5,27-19)20(3,4)14-24-18-8-6-7-17(22)9-18/h6-9,15-16,19H,10-14H2,1-5H3. The first kappa shape index (κ1) is 20.9. The number of ether oxygens (including phenoxy) is 4. The third-order valence-electron chi connectivity index (χ3n) is 5.52. The van der Waals surface area contributed by atoms with Crippen LogP contribution in [0, 0.1) is 5.41 Å². The molecule has 4 unspecified atom stereocenters. The van der Waals surface area contributed by atoms with Crippen LogP contribution in [0.1, 0.15) is 34.6 Å². The minimum Gasteiger partial charge on any atom is -0.493 e. The summed E-state index contributed by atoms with van der Waals surface area (Å²) >= 11 is 6.04. The van der Waals surface area contributed by atoms with Gasteiger partial charge in [0.05, 0.1) is 36.9 Å². The smallest absolute Gasteiger partial charge is 0.174 e. The van der Waals surface area contributed by atoms with Crippen LogP contribution < -0.4 is 4.74 Å². The van der Waals surface area contributed by atoms with Crippen LogP contribution in [0.25, 0.3) is 0 Å².